The van der Waals surface area contributed by atoms with Gasteiger partial charge in [0, 0.05) is 41.7 Å². The van der Waals surface area contributed by atoms with Crippen molar-refractivity contribution in [1.82, 2.24) is 9.88 Å². The Morgan fingerprint density at radius 2 is 1.89 bits per heavy atom. The number of nitrogens with zero attached hydrogens (tertiary/aromatic N) is 2. The third-order valence-corrected chi connectivity index (χ3v) is 8.25. The van der Waals surface area contributed by atoms with Crippen molar-refractivity contribution >= 4 is 28.6 Å². The van der Waals surface area contributed by atoms with Crippen molar-refractivity contribution in [3.05, 3.63) is 60.3 Å². The summed E-state index contributed by atoms with van der Waals surface area (Å²) in [6, 6.07) is 15.3. The maximum absolute atomic E-state index is 15.5. The molecule has 1 aromatic heterocycles. The van der Waals surface area contributed by atoms with Crippen LogP contribution in [0.2, 0.25) is 0 Å². The number of carboxylic acids is 1. The first-order chi connectivity index (χ1) is 18.0. The number of aromatic nitrogens is 1. The molecule has 198 valence electrons. The molecular formula is C29H35FN2O4S. The van der Waals surface area contributed by atoms with Gasteiger partial charge in [-0.25, -0.2) is 4.39 Å². The number of rotatable bonds is 12. The van der Waals surface area contributed by atoms with Crippen molar-refractivity contribution in [2.24, 2.45) is 11.8 Å². The van der Waals surface area contributed by atoms with E-state index in [0.29, 0.717) is 24.2 Å². The van der Waals surface area contributed by atoms with E-state index >= 15 is 4.39 Å². The molecule has 1 saturated heterocycles. The number of alkyl halides is 1. The highest BCUT2D eigenvalue weighted by atomic mass is 32.2. The van der Waals surface area contributed by atoms with Crippen LogP contribution < -0.4 is 9.47 Å². The first-order valence-corrected chi connectivity index (χ1v) is 13.7. The number of piperidine rings is 1. The molecule has 1 N–H and O–H groups in total. The number of carbonyl (C=O) groups is 1. The highest BCUT2D eigenvalue weighted by Crippen LogP contribution is 2.36. The lowest BCUT2D eigenvalue weighted by atomic mass is 9.79. The summed E-state index contributed by atoms with van der Waals surface area (Å²) in [7, 11) is 3.25. The number of pyridine rings is 1. The van der Waals surface area contributed by atoms with E-state index in [0.717, 1.165) is 48.5 Å². The lowest BCUT2D eigenvalue weighted by molar-refractivity contribution is -0.139. The number of carboxylic acid groups (broad SMARTS) is 1. The van der Waals surface area contributed by atoms with E-state index in [1.807, 2.05) is 30.3 Å². The molecule has 3 aromatic rings. The van der Waals surface area contributed by atoms with Crippen molar-refractivity contribution < 1.29 is 23.8 Å². The van der Waals surface area contributed by atoms with Gasteiger partial charge in [-0.3, -0.25) is 9.78 Å². The van der Waals surface area contributed by atoms with Gasteiger partial charge in [-0.15, -0.1) is 11.8 Å². The van der Waals surface area contributed by atoms with Crippen LogP contribution in [-0.2, 0) is 4.79 Å². The minimum atomic E-state index is -1.14. The average molecular weight is 527 g/mol. The fourth-order valence-corrected chi connectivity index (χ4v) is 6.14. The highest BCUT2D eigenvalue weighted by molar-refractivity contribution is 7.99. The first-order valence-electron chi connectivity index (χ1n) is 12.7. The number of methoxy groups -OCH3 is 2. The van der Waals surface area contributed by atoms with Crippen LogP contribution in [0.15, 0.2) is 59.6 Å². The molecule has 8 heteroatoms. The lowest BCUT2D eigenvalue weighted by Gasteiger charge is -2.38. The fourth-order valence-electron chi connectivity index (χ4n) is 5.22. The average Bonchev–Trinajstić information content (AvgIpc) is 2.91. The number of fused-ring (bicyclic) bond motifs is 1. The van der Waals surface area contributed by atoms with Crippen LogP contribution in [0.3, 0.4) is 0 Å². The number of halogens is 1. The molecule has 1 fully saturated rings. The van der Waals surface area contributed by atoms with Gasteiger partial charge in [-0.05, 0) is 91.7 Å². The van der Waals surface area contributed by atoms with Crippen LogP contribution in [0.5, 0.6) is 11.5 Å². The van der Waals surface area contributed by atoms with Crippen LogP contribution >= 0.6 is 11.8 Å². The molecule has 0 aliphatic carbocycles. The molecule has 0 bridgehead atoms. The Kier molecular flexibility index (Phi) is 9.63. The molecule has 0 radical (unpaired) electrons. The van der Waals surface area contributed by atoms with Gasteiger partial charge in [0.2, 0.25) is 0 Å². The monoisotopic (exact) mass is 526 g/mol. The summed E-state index contributed by atoms with van der Waals surface area (Å²) in [5, 5.41) is 10.3. The van der Waals surface area contributed by atoms with Gasteiger partial charge in [0.25, 0.3) is 0 Å². The summed E-state index contributed by atoms with van der Waals surface area (Å²) in [6.45, 7) is 2.55. The van der Waals surface area contributed by atoms with Crippen LogP contribution in [0.25, 0.3) is 10.9 Å². The van der Waals surface area contributed by atoms with Gasteiger partial charge in [-0.1, -0.05) is 0 Å². The molecule has 6 nitrogen and oxygen atoms in total. The molecule has 2 aromatic carbocycles. The Balaban J connectivity index is 1.33. The van der Waals surface area contributed by atoms with Gasteiger partial charge in [0.1, 0.15) is 17.7 Å². The number of aliphatic carboxylic acids is 1. The number of thioether (sulfide) groups is 1. The molecule has 1 aliphatic rings. The van der Waals surface area contributed by atoms with Crippen molar-refractivity contribution in [2.45, 2.75) is 36.8 Å². The molecule has 2 heterocycles. The number of benzene rings is 2. The number of likely N-dealkylation sites (tertiary alicyclic amines) is 1. The first kappa shape index (κ1) is 27.2. The maximum atomic E-state index is 15.5. The Bertz CT molecular complexity index is 1180. The van der Waals surface area contributed by atoms with Gasteiger partial charge in [-0.2, -0.15) is 0 Å². The molecule has 4 rings (SSSR count). The smallest absolute Gasteiger partial charge is 0.303 e. The predicted octanol–water partition coefficient (Wildman–Crippen LogP) is 6.25. The number of hydrogen-bond acceptors (Lipinski definition) is 6. The van der Waals surface area contributed by atoms with E-state index in [-0.39, 0.29) is 18.3 Å². The van der Waals surface area contributed by atoms with Gasteiger partial charge in [0.15, 0.2) is 0 Å². The highest BCUT2D eigenvalue weighted by Gasteiger charge is 2.31. The minimum Gasteiger partial charge on any atom is -0.497 e. The van der Waals surface area contributed by atoms with E-state index in [4.69, 9.17) is 9.47 Å². The summed E-state index contributed by atoms with van der Waals surface area (Å²) >= 11 is 1.79. The fraction of sp³-hybridized carbons (Fsp3) is 0.448. The summed E-state index contributed by atoms with van der Waals surface area (Å²) in [6.07, 6.45) is 2.56. The van der Waals surface area contributed by atoms with Gasteiger partial charge in [0.05, 0.1) is 19.7 Å². The predicted molar refractivity (Wildman–Crippen MR) is 145 cm³/mol. The van der Waals surface area contributed by atoms with Crippen LogP contribution in [-0.4, -0.2) is 60.6 Å². The molecule has 37 heavy (non-hydrogen) atoms. The summed E-state index contributed by atoms with van der Waals surface area (Å²) in [5.41, 5.74) is 1.36. The zero-order valence-corrected chi connectivity index (χ0v) is 22.3. The van der Waals surface area contributed by atoms with Crippen molar-refractivity contribution in [1.29, 1.82) is 0 Å². The molecule has 0 amide bonds. The summed E-state index contributed by atoms with van der Waals surface area (Å²) in [4.78, 5) is 19.5. The Morgan fingerprint density at radius 1 is 1.14 bits per heavy atom. The Hall–Kier alpha value is -2.84. The van der Waals surface area contributed by atoms with Crippen LogP contribution in [0, 0.1) is 11.8 Å². The summed E-state index contributed by atoms with van der Waals surface area (Å²) in [5.74, 6) is 1.89. The molecular weight excluding hydrogens is 491 g/mol. The van der Waals surface area contributed by atoms with E-state index in [9.17, 15) is 9.90 Å². The zero-order chi connectivity index (χ0) is 26.2. The summed E-state index contributed by atoms with van der Waals surface area (Å²) < 4.78 is 26.0. The lowest BCUT2D eigenvalue weighted by Crippen LogP contribution is -2.42. The second kappa shape index (κ2) is 13.1. The minimum absolute atomic E-state index is 0.0266. The zero-order valence-electron chi connectivity index (χ0n) is 21.4. The molecule has 3 atom stereocenters. The number of hydrogen-bond donors (Lipinski definition) is 1. The second-order valence-electron chi connectivity index (χ2n) is 9.56. The molecule has 1 aliphatic heterocycles. The van der Waals surface area contributed by atoms with Crippen LogP contribution in [0.4, 0.5) is 4.39 Å². The number of ether oxygens (including phenoxy) is 2. The standard InChI is InChI=1S/C29H35FN2O4S/c1-35-22-4-7-24(8-5-22)37-16-15-32-14-12-20(21(19-32)17-29(33)34)3-9-27(30)25-11-13-31-28-10-6-23(36-2)18-26(25)28/h4-8,10-11,13,18,20-21,27H,3,9,12,14-17,19H2,1-2H3,(H,33,34)/t20-,21+,27-/m1/s1. The molecule has 0 spiro atoms. The van der Waals surface area contributed by atoms with E-state index in [1.54, 1.807) is 38.2 Å². The second-order valence-corrected chi connectivity index (χ2v) is 10.7. The van der Waals surface area contributed by atoms with Gasteiger partial charge >= 0.3 is 5.97 Å². The Morgan fingerprint density at radius 3 is 2.62 bits per heavy atom. The van der Waals surface area contributed by atoms with Crippen molar-refractivity contribution in [2.75, 3.05) is 39.6 Å². The maximum Gasteiger partial charge on any atom is 0.303 e. The molecule has 0 saturated carbocycles. The van der Waals surface area contributed by atoms with Gasteiger partial charge < -0.3 is 19.5 Å². The van der Waals surface area contributed by atoms with Crippen molar-refractivity contribution in [3.63, 3.8) is 0 Å². The van der Waals surface area contributed by atoms with E-state index in [2.05, 4.69) is 22.0 Å². The topological polar surface area (TPSA) is 71.9 Å². The van der Waals surface area contributed by atoms with Crippen molar-refractivity contribution in [3.8, 4) is 11.5 Å². The quantitative estimate of drug-likeness (QED) is 0.280. The van der Waals surface area contributed by atoms with E-state index in [1.165, 1.54) is 4.90 Å². The third kappa shape index (κ3) is 7.36. The largest absolute Gasteiger partial charge is 0.497 e. The Labute approximate surface area is 222 Å². The molecule has 0 unspecified atom stereocenters. The van der Waals surface area contributed by atoms with Crippen LogP contribution in [0.1, 0.15) is 37.4 Å². The third-order valence-electron chi connectivity index (χ3n) is 7.26. The SMILES string of the molecule is COc1ccc(SCCN2CC[C@@H](CC[C@@H](F)c3ccnc4ccc(OC)cc34)[C@@H](CC(=O)O)C2)cc1. The normalized spacial score (nSPS) is 19.0. The van der Waals surface area contributed by atoms with E-state index < -0.39 is 12.1 Å².